The molecule has 0 amide bonds. The molecule has 0 radical (unpaired) electrons. The minimum Gasteiger partial charge on any atom is -0.365 e. The van der Waals surface area contributed by atoms with Crippen LogP contribution >= 0.6 is 23.5 Å². The first-order chi connectivity index (χ1) is 12.0. The zero-order valence-corrected chi connectivity index (χ0v) is 15.9. The van der Waals surface area contributed by atoms with Crippen molar-refractivity contribution in [1.29, 1.82) is 10.8 Å². The van der Waals surface area contributed by atoms with E-state index in [9.17, 15) is 0 Å². The normalized spacial score (nSPS) is 15.1. The van der Waals surface area contributed by atoms with E-state index in [1.54, 1.807) is 18.7 Å². The van der Waals surface area contributed by atoms with Crippen molar-refractivity contribution < 1.29 is 0 Å². The third-order valence-electron chi connectivity index (χ3n) is 4.03. The average Bonchev–Trinajstić information content (AvgIpc) is 2.96. The van der Waals surface area contributed by atoms with E-state index in [1.807, 2.05) is 6.92 Å². The van der Waals surface area contributed by atoms with Gasteiger partial charge in [-0.05, 0) is 43.4 Å². The van der Waals surface area contributed by atoms with Gasteiger partial charge in [-0.25, -0.2) is 9.97 Å². The van der Waals surface area contributed by atoms with Crippen LogP contribution in [0.25, 0.3) is 5.57 Å². The van der Waals surface area contributed by atoms with Gasteiger partial charge in [0.05, 0.1) is 10.6 Å². The highest BCUT2D eigenvalue weighted by Crippen LogP contribution is 2.44. The number of hydrogen-bond acceptors (Lipinski definition) is 7. The molecular weight excluding hydrogens is 350 g/mol. The Morgan fingerprint density at radius 3 is 2.56 bits per heavy atom. The maximum Gasteiger partial charge on any atom is 0.144 e. The lowest BCUT2D eigenvalue weighted by Crippen LogP contribution is -2.04. The molecule has 0 saturated heterocycles. The van der Waals surface area contributed by atoms with Gasteiger partial charge in [0.1, 0.15) is 17.2 Å². The Morgan fingerprint density at radius 2 is 1.92 bits per heavy atom. The number of benzene rings is 1. The fourth-order valence-electron chi connectivity index (χ4n) is 2.50. The molecular formula is C18H19N5S2. The second-order valence-electron chi connectivity index (χ2n) is 5.66. The molecule has 3 rings (SSSR count). The van der Waals surface area contributed by atoms with Gasteiger partial charge in [-0.15, -0.1) is 11.8 Å². The summed E-state index contributed by atoms with van der Waals surface area (Å²) in [7, 11) is 0. The van der Waals surface area contributed by atoms with Crippen molar-refractivity contribution >= 4 is 45.7 Å². The van der Waals surface area contributed by atoms with Gasteiger partial charge in [0, 0.05) is 22.7 Å². The van der Waals surface area contributed by atoms with Crippen molar-refractivity contribution in [3.05, 3.63) is 47.4 Å². The first-order valence-corrected chi connectivity index (χ1v) is 9.80. The molecule has 2 aromatic rings. The number of rotatable bonds is 5. The molecule has 1 aliphatic heterocycles. The lowest BCUT2D eigenvalue weighted by Gasteiger charge is -2.09. The molecule has 7 heteroatoms. The summed E-state index contributed by atoms with van der Waals surface area (Å²) in [6.45, 7) is 4.26. The Hall–Kier alpha value is -2.12. The van der Waals surface area contributed by atoms with Crippen molar-refractivity contribution in [2.24, 2.45) is 0 Å². The predicted octanol–water partition coefficient (Wildman–Crippen LogP) is 4.71. The second-order valence-corrected chi connectivity index (χ2v) is 7.56. The molecule has 0 fully saturated rings. The van der Waals surface area contributed by atoms with E-state index in [0.717, 1.165) is 27.6 Å². The van der Waals surface area contributed by atoms with Gasteiger partial charge in [-0.1, -0.05) is 23.9 Å². The summed E-state index contributed by atoms with van der Waals surface area (Å²) in [6, 6.07) is 8.41. The largest absolute Gasteiger partial charge is 0.365 e. The Labute approximate surface area is 155 Å². The number of nitrogens with zero attached hydrogens (tertiary/aromatic N) is 2. The van der Waals surface area contributed by atoms with Gasteiger partial charge in [0.2, 0.25) is 0 Å². The summed E-state index contributed by atoms with van der Waals surface area (Å²) in [5, 5.41) is 19.9. The van der Waals surface area contributed by atoms with Gasteiger partial charge in [-0.3, -0.25) is 5.41 Å². The topological polar surface area (TPSA) is 85.5 Å². The monoisotopic (exact) mass is 369 g/mol. The highest BCUT2D eigenvalue weighted by Gasteiger charge is 2.29. The molecule has 0 bridgehead atoms. The molecule has 128 valence electrons. The number of hydrogen-bond donors (Lipinski definition) is 3. The van der Waals surface area contributed by atoms with E-state index in [1.165, 1.54) is 28.5 Å². The number of aromatic nitrogens is 2. The Balaban J connectivity index is 1.87. The fourth-order valence-corrected chi connectivity index (χ4v) is 3.94. The summed E-state index contributed by atoms with van der Waals surface area (Å²) in [5.74, 6) is 0.735. The van der Waals surface area contributed by atoms with Crippen LogP contribution in [0.15, 0.2) is 46.0 Å². The molecule has 0 spiro atoms. The van der Waals surface area contributed by atoms with E-state index in [0.29, 0.717) is 17.3 Å². The third kappa shape index (κ3) is 3.62. The van der Waals surface area contributed by atoms with Gasteiger partial charge >= 0.3 is 0 Å². The molecule has 1 aliphatic rings. The highest BCUT2D eigenvalue weighted by molar-refractivity contribution is 8.15. The molecule has 0 saturated carbocycles. The second kappa shape index (κ2) is 7.41. The van der Waals surface area contributed by atoms with E-state index in [4.69, 9.17) is 10.8 Å². The van der Waals surface area contributed by atoms with Crippen molar-refractivity contribution in [3.8, 4) is 0 Å². The first kappa shape index (κ1) is 17.7. The number of anilines is 1. The van der Waals surface area contributed by atoms with E-state index >= 15 is 0 Å². The number of nitrogens with one attached hydrogen (secondary N) is 3. The molecule has 3 N–H and O–H groups in total. The Morgan fingerprint density at radius 1 is 1.20 bits per heavy atom. The Bertz CT molecular complexity index is 872. The fraction of sp³-hybridized carbons (Fsp3) is 0.222. The zero-order valence-electron chi connectivity index (χ0n) is 14.3. The molecule has 1 aromatic carbocycles. The number of thioether (sulfide) groups is 2. The van der Waals surface area contributed by atoms with Crippen molar-refractivity contribution in [1.82, 2.24) is 9.97 Å². The van der Waals surface area contributed by atoms with Crippen LogP contribution in [0.1, 0.15) is 25.1 Å². The van der Waals surface area contributed by atoms with Crippen LogP contribution in [0.2, 0.25) is 0 Å². The summed E-state index contributed by atoms with van der Waals surface area (Å²) in [4.78, 5) is 10.8. The average molecular weight is 370 g/mol. The minimum atomic E-state index is 0.423. The van der Waals surface area contributed by atoms with Crippen LogP contribution in [0.5, 0.6) is 0 Å². The van der Waals surface area contributed by atoms with E-state index in [-0.39, 0.29) is 0 Å². The predicted molar refractivity (Wildman–Crippen MR) is 107 cm³/mol. The van der Waals surface area contributed by atoms with E-state index < -0.39 is 0 Å². The molecule has 5 nitrogen and oxygen atoms in total. The zero-order chi connectivity index (χ0) is 18.0. The van der Waals surface area contributed by atoms with Crippen LogP contribution in [-0.4, -0.2) is 27.0 Å². The molecule has 25 heavy (non-hydrogen) atoms. The van der Waals surface area contributed by atoms with Crippen LogP contribution < -0.4 is 5.32 Å². The number of allylic oxidation sites excluding steroid dienone is 1. The third-order valence-corrected chi connectivity index (χ3v) is 5.77. The summed E-state index contributed by atoms with van der Waals surface area (Å²) < 4.78 is 0. The SMILES string of the molecule is CSc1ccc(CNc2ncnc3c2SC(=N)/C3=C(/C)C(C)=N)cc1. The van der Waals surface area contributed by atoms with E-state index in [2.05, 4.69) is 45.8 Å². The number of fused-ring (bicyclic) bond motifs is 1. The summed E-state index contributed by atoms with van der Waals surface area (Å²) in [5.41, 5.74) is 3.89. The highest BCUT2D eigenvalue weighted by atomic mass is 32.2. The molecule has 0 unspecified atom stereocenters. The first-order valence-electron chi connectivity index (χ1n) is 7.76. The van der Waals surface area contributed by atoms with Crippen LogP contribution in [0, 0.1) is 10.8 Å². The van der Waals surface area contributed by atoms with Gasteiger partial charge in [0.15, 0.2) is 0 Å². The van der Waals surface area contributed by atoms with Gasteiger partial charge in [0.25, 0.3) is 0 Å². The maximum absolute atomic E-state index is 8.26. The molecule has 2 heterocycles. The summed E-state index contributed by atoms with van der Waals surface area (Å²) in [6.07, 6.45) is 3.58. The van der Waals surface area contributed by atoms with Crippen LogP contribution in [-0.2, 0) is 6.54 Å². The van der Waals surface area contributed by atoms with Crippen LogP contribution in [0.3, 0.4) is 0 Å². The van der Waals surface area contributed by atoms with Gasteiger partial charge < -0.3 is 10.7 Å². The van der Waals surface area contributed by atoms with Crippen molar-refractivity contribution in [2.45, 2.75) is 30.2 Å². The van der Waals surface area contributed by atoms with Crippen LogP contribution in [0.4, 0.5) is 5.82 Å². The molecule has 0 atom stereocenters. The quantitative estimate of drug-likeness (QED) is 0.525. The minimum absolute atomic E-state index is 0.423. The van der Waals surface area contributed by atoms with Crippen molar-refractivity contribution in [2.75, 3.05) is 11.6 Å². The lowest BCUT2D eigenvalue weighted by atomic mass is 10.0. The standard InChI is InChI=1S/C18H19N5S2/c1-10(11(2)19)14-15-16(25-17(14)20)18(23-9-22-15)21-8-12-4-6-13(24-3)7-5-12/h4-7,9,19-20H,8H2,1-3H3,(H,21,22,23)/b14-10-,19-11?,20-17?. The van der Waals surface area contributed by atoms with Gasteiger partial charge in [-0.2, -0.15) is 0 Å². The smallest absolute Gasteiger partial charge is 0.144 e. The molecule has 1 aromatic heterocycles. The Kier molecular flexibility index (Phi) is 5.24. The lowest BCUT2D eigenvalue weighted by molar-refractivity contribution is 1.03. The maximum atomic E-state index is 8.26. The summed E-state index contributed by atoms with van der Waals surface area (Å²) >= 11 is 3.07. The van der Waals surface area contributed by atoms with Crippen molar-refractivity contribution in [3.63, 3.8) is 0 Å². The molecule has 0 aliphatic carbocycles.